The SMILES string of the molecule is CC(=O)Nc1ccccc1OCCOc1cccc(C)c1. The largest absolute Gasteiger partial charge is 0.490 e. The van der Waals surface area contributed by atoms with E-state index in [0.29, 0.717) is 24.7 Å². The Bertz CT molecular complexity index is 610. The van der Waals surface area contributed by atoms with Crippen LogP contribution in [0.15, 0.2) is 48.5 Å². The highest BCUT2D eigenvalue weighted by Gasteiger charge is 2.04. The molecule has 0 fully saturated rings. The van der Waals surface area contributed by atoms with Gasteiger partial charge in [-0.3, -0.25) is 4.79 Å². The van der Waals surface area contributed by atoms with Gasteiger partial charge in [0.1, 0.15) is 24.7 Å². The molecule has 0 saturated heterocycles. The number of para-hydroxylation sites is 2. The molecule has 0 spiro atoms. The van der Waals surface area contributed by atoms with Crippen LogP contribution in [-0.2, 0) is 4.79 Å². The summed E-state index contributed by atoms with van der Waals surface area (Å²) in [5, 5.41) is 2.73. The standard InChI is InChI=1S/C17H19NO3/c1-13-6-5-7-15(12-13)20-10-11-21-17-9-4-3-8-16(17)18-14(2)19/h3-9,12H,10-11H2,1-2H3,(H,18,19). The van der Waals surface area contributed by atoms with E-state index in [2.05, 4.69) is 5.32 Å². The fraction of sp³-hybridized carbons (Fsp3) is 0.235. The van der Waals surface area contributed by atoms with Gasteiger partial charge in [0.15, 0.2) is 0 Å². The molecule has 21 heavy (non-hydrogen) atoms. The quantitative estimate of drug-likeness (QED) is 0.827. The highest BCUT2D eigenvalue weighted by Crippen LogP contribution is 2.23. The number of hydrogen-bond acceptors (Lipinski definition) is 3. The molecule has 110 valence electrons. The monoisotopic (exact) mass is 285 g/mol. The molecule has 0 aliphatic carbocycles. The fourth-order valence-corrected chi connectivity index (χ4v) is 1.90. The second kappa shape index (κ2) is 7.33. The lowest BCUT2D eigenvalue weighted by atomic mass is 10.2. The normalized spacial score (nSPS) is 10.0. The Balaban J connectivity index is 1.85. The Morgan fingerprint density at radius 1 is 1.05 bits per heavy atom. The second-order valence-electron chi connectivity index (χ2n) is 4.69. The number of hydrogen-bond donors (Lipinski definition) is 1. The van der Waals surface area contributed by atoms with Gasteiger partial charge < -0.3 is 14.8 Å². The summed E-state index contributed by atoms with van der Waals surface area (Å²) in [7, 11) is 0. The van der Waals surface area contributed by atoms with Gasteiger partial charge in [-0.2, -0.15) is 0 Å². The molecule has 0 bridgehead atoms. The van der Waals surface area contributed by atoms with Crippen LogP contribution in [0.4, 0.5) is 5.69 Å². The Kier molecular flexibility index (Phi) is 5.21. The lowest BCUT2D eigenvalue weighted by Crippen LogP contribution is -2.12. The third-order valence-electron chi connectivity index (χ3n) is 2.80. The minimum Gasteiger partial charge on any atom is -0.490 e. The molecule has 1 amide bonds. The van der Waals surface area contributed by atoms with E-state index >= 15 is 0 Å². The van der Waals surface area contributed by atoms with E-state index in [9.17, 15) is 4.79 Å². The molecule has 0 aliphatic rings. The number of amides is 1. The van der Waals surface area contributed by atoms with Crippen LogP contribution in [0.1, 0.15) is 12.5 Å². The summed E-state index contributed by atoms with van der Waals surface area (Å²) in [5.74, 6) is 1.34. The lowest BCUT2D eigenvalue weighted by Gasteiger charge is -2.12. The topological polar surface area (TPSA) is 47.6 Å². The van der Waals surface area contributed by atoms with Gasteiger partial charge in [0.25, 0.3) is 0 Å². The zero-order valence-electron chi connectivity index (χ0n) is 12.3. The molecule has 2 aromatic rings. The number of carbonyl (C=O) groups excluding carboxylic acids is 1. The Hall–Kier alpha value is -2.49. The molecule has 0 aliphatic heterocycles. The van der Waals surface area contributed by atoms with Crippen molar-refractivity contribution in [1.82, 2.24) is 0 Å². The smallest absolute Gasteiger partial charge is 0.221 e. The number of anilines is 1. The van der Waals surface area contributed by atoms with Crippen LogP contribution in [0.2, 0.25) is 0 Å². The van der Waals surface area contributed by atoms with E-state index in [4.69, 9.17) is 9.47 Å². The summed E-state index contributed by atoms with van der Waals surface area (Å²) >= 11 is 0. The van der Waals surface area contributed by atoms with Crippen LogP contribution in [0, 0.1) is 6.92 Å². The molecule has 1 N–H and O–H groups in total. The third kappa shape index (κ3) is 4.84. The average Bonchev–Trinajstić information content (AvgIpc) is 2.45. The van der Waals surface area contributed by atoms with Crippen LogP contribution >= 0.6 is 0 Å². The van der Waals surface area contributed by atoms with Gasteiger partial charge in [0.2, 0.25) is 5.91 Å². The maximum Gasteiger partial charge on any atom is 0.221 e. The van der Waals surface area contributed by atoms with Crippen molar-refractivity contribution < 1.29 is 14.3 Å². The first-order valence-corrected chi connectivity index (χ1v) is 6.84. The summed E-state index contributed by atoms with van der Waals surface area (Å²) in [4.78, 5) is 11.1. The first kappa shape index (κ1) is 14.9. The summed E-state index contributed by atoms with van der Waals surface area (Å²) in [5.41, 5.74) is 1.82. The number of rotatable bonds is 6. The highest BCUT2D eigenvalue weighted by atomic mass is 16.5. The van der Waals surface area contributed by atoms with Crippen LogP contribution < -0.4 is 14.8 Å². The van der Waals surface area contributed by atoms with Crippen molar-refractivity contribution in [2.75, 3.05) is 18.5 Å². The van der Waals surface area contributed by atoms with Crippen molar-refractivity contribution in [1.29, 1.82) is 0 Å². The van der Waals surface area contributed by atoms with Gasteiger partial charge in [0.05, 0.1) is 5.69 Å². The van der Waals surface area contributed by atoms with Gasteiger partial charge in [-0.15, -0.1) is 0 Å². The van der Waals surface area contributed by atoms with E-state index in [1.807, 2.05) is 49.4 Å². The summed E-state index contributed by atoms with van der Waals surface area (Å²) < 4.78 is 11.3. The molecule has 0 heterocycles. The number of carbonyl (C=O) groups is 1. The molecule has 0 radical (unpaired) electrons. The molecule has 2 rings (SSSR count). The van der Waals surface area contributed by atoms with Crippen LogP contribution in [0.3, 0.4) is 0 Å². The number of ether oxygens (including phenoxy) is 2. The summed E-state index contributed by atoms with van der Waals surface area (Å²) in [6, 6.07) is 15.2. The fourth-order valence-electron chi connectivity index (χ4n) is 1.90. The van der Waals surface area contributed by atoms with Gasteiger partial charge in [-0.1, -0.05) is 24.3 Å². The van der Waals surface area contributed by atoms with E-state index in [0.717, 1.165) is 11.3 Å². The van der Waals surface area contributed by atoms with E-state index in [1.54, 1.807) is 6.07 Å². The van der Waals surface area contributed by atoms with Crippen molar-refractivity contribution in [3.63, 3.8) is 0 Å². The van der Waals surface area contributed by atoms with Crippen molar-refractivity contribution in [2.45, 2.75) is 13.8 Å². The molecule has 4 nitrogen and oxygen atoms in total. The van der Waals surface area contributed by atoms with Crippen molar-refractivity contribution in [3.05, 3.63) is 54.1 Å². The third-order valence-corrected chi connectivity index (χ3v) is 2.80. The number of nitrogens with one attached hydrogen (secondary N) is 1. The molecule has 0 aromatic heterocycles. The van der Waals surface area contributed by atoms with Crippen LogP contribution in [0.25, 0.3) is 0 Å². The molecular formula is C17H19NO3. The van der Waals surface area contributed by atoms with Crippen LogP contribution in [0.5, 0.6) is 11.5 Å². The predicted molar refractivity (Wildman–Crippen MR) is 82.9 cm³/mol. The maximum atomic E-state index is 11.1. The van der Waals surface area contributed by atoms with Crippen molar-refractivity contribution in [3.8, 4) is 11.5 Å². The summed E-state index contributed by atoms with van der Waals surface area (Å²) in [6.07, 6.45) is 0. The first-order valence-electron chi connectivity index (χ1n) is 6.84. The Morgan fingerprint density at radius 3 is 2.57 bits per heavy atom. The van der Waals surface area contributed by atoms with E-state index in [-0.39, 0.29) is 5.91 Å². The minimum atomic E-state index is -0.123. The zero-order valence-corrected chi connectivity index (χ0v) is 12.3. The Labute approximate surface area is 124 Å². The van der Waals surface area contributed by atoms with Crippen molar-refractivity contribution >= 4 is 11.6 Å². The molecule has 0 saturated carbocycles. The van der Waals surface area contributed by atoms with E-state index in [1.165, 1.54) is 6.92 Å². The minimum absolute atomic E-state index is 0.123. The van der Waals surface area contributed by atoms with Crippen LogP contribution in [-0.4, -0.2) is 19.1 Å². The molecule has 0 atom stereocenters. The number of benzene rings is 2. The van der Waals surface area contributed by atoms with Gasteiger partial charge in [-0.25, -0.2) is 0 Å². The maximum absolute atomic E-state index is 11.1. The van der Waals surface area contributed by atoms with Gasteiger partial charge >= 0.3 is 0 Å². The second-order valence-corrected chi connectivity index (χ2v) is 4.69. The van der Waals surface area contributed by atoms with E-state index < -0.39 is 0 Å². The summed E-state index contributed by atoms with van der Waals surface area (Å²) in [6.45, 7) is 4.34. The molecule has 4 heteroatoms. The molecule has 2 aromatic carbocycles. The van der Waals surface area contributed by atoms with Crippen molar-refractivity contribution in [2.24, 2.45) is 0 Å². The number of aryl methyl sites for hydroxylation is 1. The first-order chi connectivity index (χ1) is 10.1. The molecular weight excluding hydrogens is 266 g/mol. The highest BCUT2D eigenvalue weighted by molar-refractivity contribution is 5.90. The Morgan fingerprint density at radius 2 is 1.81 bits per heavy atom. The van der Waals surface area contributed by atoms with Gasteiger partial charge in [-0.05, 0) is 36.8 Å². The zero-order chi connectivity index (χ0) is 15.1. The van der Waals surface area contributed by atoms with Gasteiger partial charge in [0, 0.05) is 6.92 Å². The molecule has 0 unspecified atom stereocenters. The average molecular weight is 285 g/mol. The lowest BCUT2D eigenvalue weighted by molar-refractivity contribution is -0.114. The predicted octanol–water partition coefficient (Wildman–Crippen LogP) is 3.41.